The van der Waals surface area contributed by atoms with Crippen molar-refractivity contribution < 1.29 is 32.3 Å². The Kier molecular flexibility index (Phi) is 9.12. The van der Waals surface area contributed by atoms with Crippen LogP contribution in [0, 0.1) is 12.8 Å². The van der Waals surface area contributed by atoms with Crippen LogP contribution in [0.25, 0.3) is 11.0 Å². The van der Waals surface area contributed by atoms with Gasteiger partial charge in [-0.1, -0.05) is 32.0 Å². The number of ether oxygens (including phenoxy) is 1. The van der Waals surface area contributed by atoms with Gasteiger partial charge >= 0.3 is 0 Å². The number of aliphatic hydroxyl groups is 1. The lowest BCUT2D eigenvalue weighted by molar-refractivity contribution is -0.126. The van der Waals surface area contributed by atoms with Gasteiger partial charge in [0.25, 0.3) is 15.9 Å². The van der Waals surface area contributed by atoms with E-state index in [0.717, 1.165) is 4.31 Å². The fourth-order valence-electron chi connectivity index (χ4n) is 4.82. The van der Waals surface area contributed by atoms with E-state index in [4.69, 9.17) is 9.15 Å². The van der Waals surface area contributed by atoms with Crippen molar-refractivity contribution in [3.8, 4) is 5.75 Å². The third-order valence-electron chi connectivity index (χ3n) is 6.81. The number of pyridine rings is 1. The molecule has 11 nitrogen and oxygen atoms in total. The lowest BCUT2D eigenvalue weighted by Gasteiger charge is -2.33. The summed E-state index contributed by atoms with van der Waals surface area (Å²) in [4.78, 5) is 30.9. The van der Waals surface area contributed by atoms with Gasteiger partial charge in [0.1, 0.15) is 12.2 Å². The second kappa shape index (κ2) is 12.4. The molecule has 3 heterocycles. The predicted molar refractivity (Wildman–Crippen MR) is 148 cm³/mol. The van der Waals surface area contributed by atoms with Crippen LogP contribution in [0.4, 0.5) is 0 Å². The molecule has 40 heavy (non-hydrogen) atoms. The molecule has 2 amide bonds. The standard InChI is InChI=1S/C28H36N4O7S/c1-17(2)15-20(30-28(35)23-16-19-10-8-12-22(38-4)25(19)39-23)27(34)31-26-21(33)11-5-6-14-32(26)40(36,37)24-13-7-9-18(3)29-24/h7-10,12-13,16-17,20-21,26,33H,5-6,11,14-15H2,1-4H3,(H,30,35)(H,31,34)/t20?,21-,26?/m0/s1. The molecule has 216 valence electrons. The number of aryl methyl sites for hydroxylation is 1. The Hall–Kier alpha value is -3.48. The van der Waals surface area contributed by atoms with Crippen LogP contribution in [0.3, 0.4) is 0 Å². The van der Waals surface area contributed by atoms with Gasteiger partial charge in [-0.15, -0.1) is 0 Å². The van der Waals surface area contributed by atoms with Crippen molar-refractivity contribution in [1.29, 1.82) is 0 Å². The normalized spacial score (nSPS) is 19.2. The number of sulfonamides is 1. The van der Waals surface area contributed by atoms with E-state index in [1.807, 2.05) is 13.8 Å². The Balaban J connectivity index is 1.59. The van der Waals surface area contributed by atoms with Crippen LogP contribution in [0.2, 0.25) is 0 Å². The molecule has 2 unspecified atom stereocenters. The molecule has 2 aromatic heterocycles. The van der Waals surface area contributed by atoms with Gasteiger partial charge in [-0.05, 0) is 62.8 Å². The smallest absolute Gasteiger partial charge is 0.287 e. The van der Waals surface area contributed by atoms with Crippen LogP contribution in [-0.4, -0.2) is 66.6 Å². The number of benzene rings is 1. The number of carbonyl (C=O) groups excluding carboxylic acids is 2. The number of carbonyl (C=O) groups is 2. The molecule has 3 atom stereocenters. The van der Waals surface area contributed by atoms with Gasteiger partial charge in [-0.3, -0.25) is 9.59 Å². The largest absolute Gasteiger partial charge is 0.493 e. The van der Waals surface area contributed by atoms with Crippen molar-refractivity contribution in [2.45, 2.75) is 69.8 Å². The molecule has 0 bridgehead atoms. The van der Waals surface area contributed by atoms with Crippen molar-refractivity contribution in [1.82, 2.24) is 19.9 Å². The SMILES string of the molecule is COc1cccc2cc(C(=O)NC(CC(C)C)C(=O)NC3[C@@H](O)CCCCN3S(=O)(=O)c3cccc(C)n3)oc12. The summed E-state index contributed by atoms with van der Waals surface area (Å²) in [6, 6.07) is 10.5. The molecule has 0 saturated carbocycles. The van der Waals surface area contributed by atoms with E-state index in [0.29, 0.717) is 41.7 Å². The van der Waals surface area contributed by atoms with Gasteiger partial charge in [-0.2, -0.15) is 4.31 Å². The van der Waals surface area contributed by atoms with Crippen molar-refractivity contribution in [3.63, 3.8) is 0 Å². The number of hydrogen-bond acceptors (Lipinski definition) is 8. The van der Waals surface area contributed by atoms with Gasteiger partial charge in [0, 0.05) is 17.6 Å². The third kappa shape index (κ3) is 6.45. The number of hydrogen-bond donors (Lipinski definition) is 3. The summed E-state index contributed by atoms with van der Waals surface area (Å²) in [7, 11) is -2.64. The first kappa shape index (κ1) is 29.5. The van der Waals surface area contributed by atoms with E-state index in [1.54, 1.807) is 43.3 Å². The highest BCUT2D eigenvalue weighted by molar-refractivity contribution is 7.89. The van der Waals surface area contributed by atoms with Crippen molar-refractivity contribution in [2.24, 2.45) is 5.92 Å². The van der Waals surface area contributed by atoms with Crippen LogP contribution in [0.5, 0.6) is 5.75 Å². The second-order valence-electron chi connectivity index (χ2n) is 10.4. The quantitative estimate of drug-likeness (QED) is 0.354. The molecule has 0 radical (unpaired) electrons. The molecular formula is C28H36N4O7S. The first-order chi connectivity index (χ1) is 19.0. The number of fused-ring (bicyclic) bond motifs is 1. The summed E-state index contributed by atoms with van der Waals surface area (Å²) >= 11 is 0. The average molecular weight is 573 g/mol. The molecule has 1 aliphatic heterocycles. The minimum Gasteiger partial charge on any atom is -0.493 e. The van der Waals surface area contributed by atoms with Gasteiger partial charge in [0.15, 0.2) is 22.1 Å². The van der Waals surface area contributed by atoms with E-state index in [9.17, 15) is 23.1 Å². The number of furan rings is 1. The summed E-state index contributed by atoms with van der Waals surface area (Å²) in [5.41, 5.74) is 0.937. The highest BCUT2D eigenvalue weighted by Crippen LogP contribution is 2.29. The van der Waals surface area contributed by atoms with E-state index in [2.05, 4.69) is 15.6 Å². The molecule has 1 saturated heterocycles. The van der Waals surface area contributed by atoms with Gasteiger partial charge in [0.2, 0.25) is 5.91 Å². The van der Waals surface area contributed by atoms with Crippen molar-refractivity contribution in [3.05, 3.63) is 53.9 Å². The topological polar surface area (TPSA) is 151 Å². The van der Waals surface area contributed by atoms with E-state index >= 15 is 0 Å². The Bertz CT molecular complexity index is 1470. The summed E-state index contributed by atoms with van der Waals surface area (Å²) in [5.74, 6) is -0.722. The number of rotatable bonds is 9. The lowest BCUT2D eigenvalue weighted by Crippen LogP contribution is -2.59. The number of para-hydroxylation sites is 1. The zero-order valence-corrected chi connectivity index (χ0v) is 23.9. The minimum absolute atomic E-state index is 0.00489. The number of amides is 2. The van der Waals surface area contributed by atoms with Crippen LogP contribution < -0.4 is 15.4 Å². The molecule has 0 aliphatic carbocycles. The van der Waals surface area contributed by atoms with Crippen LogP contribution in [-0.2, 0) is 14.8 Å². The second-order valence-corrected chi connectivity index (χ2v) is 12.2. The molecule has 12 heteroatoms. The maximum absolute atomic E-state index is 13.6. The Labute approximate surface area is 234 Å². The van der Waals surface area contributed by atoms with Crippen LogP contribution in [0.1, 0.15) is 55.8 Å². The Morgan fingerprint density at radius 2 is 1.95 bits per heavy atom. The summed E-state index contributed by atoms with van der Waals surface area (Å²) < 4.78 is 39.3. The summed E-state index contributed by atoms with van der Waals surface area (Å²) in [6.07, 6.45) is -0.705. The molecular weight excluding hydrogens is 536 g/mol. The molecule has 4 rings (SSSR count). The average Bonchev–Trinajstić information content (AvgIpc) is 3.27. The zero-order valence-electron chi connectivity index (χ0n) is 23.1. The fraction of sp³-hybridized carbons (Fsp3) is 0.464. The van der Waals surface area contributed by atoms with Crippen LogP contribution in [0.15, 0.2) is 51.9 Å². The molecule has 1 aliphatic rings. The molecule has 3 N–H and O–H groups in total. The van der Waals surface area contributed by atoms with E-state index < -0.39 is 40.1 Å². The molecule has 1 aromatic carbocycles. The molecule has 3 aromatic rings. The number of nitrogens with zero attached hydrogens (tertiary/aromatic N) is 2. The molecule has 0 spiro atoms. The van der Waals surface area contributed by atoms with Gasteiger partial charge in [-0.25, -0.2) is 13.4 Å². The highest BCUT2D eigenvalue weighted by atomic mass is 32.2. The number of methoxy groups -OCH3 is 1. The molecule has 1 fully saturated rings. The summed E-state index contributed by atoms with van der Waals surface area (Å²) in [6.45, 7) is 5.59. The van der Waals surface area contributed by atoms with E-state index in [-0.39, 0.29) is 29.7 Å². The maximum atomic E-state index is 13.6. The van der Waals surface area contributed by atoms with Crippen molar-refractivity contribution in [2.75, 3.05) is 13.7 Å². The third-order valence-corrected chi connectivity index (χ3v) is 8.59. The van der Waals surface area contributed by atoms with Crippen LogP contribution >= 0.6 is 0 Å². The fourth-order valence-corrected chi connectivity index (χ4v) is 6.43. The Morgan fingerprint density at radius 3 is 2.65 bits per heavy atom. The highest BCUT2D eigenvalue weighted by Gasteiger charge is 2.40. The lowest BCUT2D eigenvalue weighted by atomic mass is 10.0. The zero-order chi connectivity index (χ0) is 29.0. The first-order valence-electron chi connectivity index (χ1n) is 13.3. The monoisotopic (exact) mass is 572 g/mol. The predicted octanol–water partition coefficient (Wildman–Crippen LogP) is 2.97. The Morgan fingerprint density at radius 1 is 1.20 bits per heavy atom. The van der Waals surface area contributed by atoms with Gasteiger partial charge < -0.3 is 24.9 Å². The van der Waals surface area contributed by atoms with E-state index in [1.165, 1.54) is 13.2 Å². The maximum Gasteiger partial charge on any atom is 0.287 e. The number of aromatic nitrogens is 1. The number of aliphatic hydroxyl groups excluding tert-OH is 1. The summed E-state index contributed by atoms with van der Waals surface area (Å²) in [5, 5.41) is 16.9. The van der Waals surface area contributed by atoms with Crippen molar-refractivity contribution >= 4 is 32.8 Å². The minimum atomic E-state index is -4.14. The number of nitrogens with one attached hydrogen (secondary N) is 2. The van der Waals surface area contributed by atoms with Gasteiger partial charge in [0.05, 0.1) is 13.2 Å². The first-order valence-corrected chi connectivity index (χ1v) is 14.8.